The lowest BCUT2D eigenvalue weighted by molar-refractivity contribution is 0.0264. The standard InChI is InChI=1S/C23H39N5O.HI/c1-3-24-23(28-15-11-22(12-16-28)29-4-2)25-13-8-14-26-17-19-27(20-18-26)21-9-6-5-7-10-21;/h5-7,9-10,22H,3-4,8,11-20H2,1-2H3,(H,24,25);1H. The number of anilines is 1. The van der Waals surface area contributed by atoms with Gasteiger partial charge < -0.3 is 19.9 Å². The van der Waals surface area contributed by atoms with Crippen LogP contribution in [0.4, 0.5) is 5.69 Å². The zero-order valence-corrected chi connectivity index (χ0v) is 21.1. The average Bonchev–Trinajstić information content (AvgIpc) is 2.78. The van der Waals surface area contributed by atoms with Crippen molar-refractivity contribution in [2.45, 2.75) is 39.2 Å². The maximum absolute atomic E-state index is 5.78. The minimum absolute atomic E-state index is 0. The number of rotatable bonds is 8. The van der Waals surface area contributed by atoms with Crippen LogP contribution in [0.2, 0.25) is 0 Å². The van der Waals surface area contributed by atoms with E-state index in [4.69, 9.17) is 9.73 Å². The van der Waals surface area contributed by atoms with Crippen LogP contribution >= 0.6 is 24.0 Å². The SMILES string of the molecule is CCNC(=NCCCN1CCN(c2ccccc2)CC1)N1CCC(OCC)CC1.I. The van der Waals surface area contributed by atoms with Gasteiger partial charge in [-0.1, -0.05) is 18.2 Å². The normalized spacial score (nSPS) is 18.9. The highest BCUT2D eigenvalue weighted by Gasteiger charge is 2.21. The molecule has 0 amide bonds. The third-order valence-electron chi connectivity index (χ3n) is 5.87. The van der Waals surface area contributed by atoms with Crippen LogP contribution in [-0.4, -0.2) is 87.4 Å². The summed E-state index contributed by atoms with van der Waals surface area (Å²) in [6.45, 7) is 14.6. The lowest BCUT2D eigenvalue weighted by atomic mass is 10.1. The summed E-state index contributed by atoms with van der Waals surface area (Å²) in [7, 11) is 0. The van der Waals surface area contributed by atoms with Gasteiger partial charge in [-0.3, -0.25) is 9.89 Å². The van der Waals surface area contributed by atoms with Crippen molar-refractivity contribution in [3.63, 3.8) is 0 Å². The summed E-state index contributed by atoms with van der Waals surface area (Å²) in [5, 5.41) is 3.48. The Labute approximate surface area is 200 Å². The first-order valence-electron chi connectivity index (χ1n) is 11.5. The Hall–Kier alpha value is -1.06. The van der Waals surface area contributed by atoms with Gasteiger partial charge in [0.25, 0.3) is 0 Å². The highest BCUT2D eigenvalue weighted by atomic mass is 127. The van der Waals surface area contributed by atoms with Gasteiger partial charge in [0.05, 0.1) is 6.10 Å². The van der Waals surface area contributed by atoms with Gasteiger partial charge in [-0.15, -0.1) is 24.0 Å². The van der Waals surface area contributed by atoms with Crippen LogP contribution < -0.4 is 10.2 Å². The van der Waals surface area contributed by atoms with Crippen LogP contribution in [0, 0.1) is 0 Å². The Kier molecular flexibility index (Phi) is 11.8. The molecule has 3 rings (SSSR count). The number of hydrogen-bond donors (Lipinski definition) is 1. The number of aliphatic imine (C=N–C) groups is 1. The van der Waals surface area contributed by atoms with E-state index in [0.717, 1.165) is 90.7 Å². The minimum atomic E-state index is 0. The molecule has 30 heavy (non-hydrogen) atoms. The number of piperidine rings is 1. The molecule has 2 saturated heterocycles. The first kappa shape index (κ1) is 25.2. The predicted molar refractivity (Wildman–Crippen MR) is 137 cm³/mol. The first-order chi connectivity index (χ1) is 14.3. The van der Waals surface area contributed by atoms with Crippen molar-refractivity contribution in [2.24, 2.45) is 4.99 Å². The fourth-order valence-electron chi connectivity index (χ4n) is 4.24. The summed E-state index contributed by atoms with van der Waals surface area (Å²) in [5.41, 5.74) is 1.35. The van der Waals surface area contributed by atoms with Gasteiger partial charge in [0.1, 0.15) is 0 Å². The number of nitrogens with zero attached hydrogens (tertiary/aromatic N) is 4. The average molecular weight is 530 g/mol. The number of nitrogens with one attached hydrogen (secondary N) is 1. The molecule has 0 aromatic heterocycles. The molecule has 0 radical (unpaired) electrons. The molecule has 2 heterocycles. The summed E-state index contributed by atoms with van der Waals surface area (Å²) in [4.78, 5) is 12.4. The van der Waals surface area contributed by atoms with E-state index >= 15 is 0 Å². The molecule has 2 aliphatic rings. The van der Waals surface area contributed by atoms with E-state index in [1.54, 1.807) is 0 Å². The Morgan fingerprint density at radius 1 is 1.03 bits per heavy atom. The van der Waals surface area contributed by atoms with Crippen LogP contribution in [-0.2, 0) is 4.74 Å². The van der Waals surface area contributed by atoms with Gasteiger partial charge in [-0.25, -0.2) is 0 Å². The number of guanidine groups is 1. The van der Waals surface area contributed by atoms with Gasteiger partial charge in [0.15, 0.2) is 5.96 Å². The summed E-state index contributed by atoms with van der Waals surface area (Å²) < 4.78 is 5.78. The molecule has 6 nitrogen and oxygen atoms in total. The van der Waals surface area contributed by atoms with Crippen molar-refractivity contribution in [1.82, 2.24) is 15.1 Å². The molecule has 7 heteroatoms. The summed E-state index contributed by atoms with van der Waals surface area (Å²) in [5.74, 6) is 1.08. The van der Waals surface area contributed by atoms with Crippen LogP contribution in [0.5, 0.6) is 0 Å². The van der Waals surface area contributed by atoms with E-state index in [9.17, 15) is 0 Å². The molecular weight excluding hydrogens is 489 g/mol. The lowest BCUT2D eigenvalue weighted by Gasteiger charge is -2.36. The van der Waals surface area contributed by atoms with E-state index in [-0.39, 0.29) is 24.0 Å². The molecular formula is C23H40IN5O. The van der Waals surface area contributed by atoms with E-state index in [1.165, 1.54) is 5.69 Å². The number of likely N-dealkylation sites (tertiary alicyclic amines) is 1. The van der Waals surface area contributed by atoms with Gasteiger partial charge in [-0.2, -0.15) is 0 Å². The fraction of sp³-hybridized carbons (Fsp3) is 0.696. The zero-order valence-electron chi connectivity index (χ0n) is 18.8. The highest BCUT2D eigenvalue weighted by Crippen LogP contribution is 2.16. The Bertz CT molecular complexity index is 599. The number of hydrogen-bond acceptors (Lipinski definition) is 4. The number of benzene rings is 1. The largest absolute Gasteiger partial charge is 0.378 e. The Balaban J connectivity index is 0.00000320. The summed E-state index contributed by atoms with van der Waals surface area (Å²) >= 11 is 0. The molecule has 1 N–H and O–H groups in total. The Morgan fingerprint density at radius 3 is 2.37 bits per heavy atom. The molecule has 1 aromatic rings. The zero-order chi connectivity index (χ0) is 20.3. The highest BCUT2D eigenvalue weighted by molar-refractivity contribution is 14.0. The van der Waals surface area contributed by atoms with Crippen molar-refractivity contribution in [3.05, 3.63) is 30.3 Å². The molecule has 1 aromatic carbocycles. The second-order valence-electron chi connectivity index (χ2n) is 7.90. The second kappa shape index (κ2) is 14.1. The maximum atomic E-state index is 5.78. The molecule has 170 valence electrons. The molecule has 2 fully saturated rings. The van der Waals surface area contributed by atoms with Crippen molar-refractivity contribution >= 4 is 35.6 Å². The van der Waals surface area contributed by atoms with E-state index in [1.807, 2.05) is 0 Å². The van der Waals surface area contributed by atoms with Crippen LogP contribution in [0.15, 0.2) is 35.3 Å². The monoisotopic (exact) mass is 529 g/mol. The van der Waals surface area contributed by atoms with Gasteiger partial charge in [0, 0.05) is 71.2 Å². The smallest absolute Gasteiger partial charge is 0.193 e. The molecule has 0 atom stereocenters. The van der Waals surface area contributed by atoms with Crippen LogP contribution in [0.1, 0.15) is 33.1 Å². The van der Waals surface area contributed by atoms with Crippen molar-refractivity contribution in [2.75, 3.05) is 70.4 Å². The van der Waals surface area contributed by atoms with E-state index in [0.29, 0.717) is 6.10 Å². The molecule has 0 bridgehead atoms. The predicted octanol–water partition coefficient (Wildman–Crippen LogP) is 3.28. The van der Waals surface area contributed by atoms with Gasteiger partial charge in [0.2, 0.25) is 0 Å². The van der Waals surface area contributed by atoms with Crippen molar-refractivity contribution in [3.8, 4) is 0 Å². The van der Waals surface area contributed by atoms with E-state index < -0.39 is 0 Å². The number of piperazine rings is 1. The van der Waals surface area contributed by atoms with Crippen LogP contribution in [0.3, 0.4) is 0 Å². The molecule has 2 aliphatic heterocycles. The first-order valence-corrected chi connectivity index (χ1v) is 11.5. The van der Waals surface area contributed by atoms with Gasteiger partial charge >= 0.3 is 0 Å². The third-order valence-corrected chi connectivity index (χ3v) is 5.87. The topological polar surface area (TPSA) is 43.3 Å². The van der Waals surface area contributed by atoms with Crippen LogP contribution in [0.25, 0.3) is 0 Å². The lowest BCUT2D eigenvalue weighted by Crippen LogP contribution is -2.47. The Morgan fingerprint density at radius 2 is 1.73 bits per heavy atom. The molecule has 0 saturated carbocycles. The summed E-state index contributed by atoms with van der Waals surface area (Å²) in [6, 6.07) is 10.8. The number of ether oxygens (including phenoxy) is 1. The van der Waals surface area contributed by atoms with Crippen molar-refractivity contribution in [1.29, 1.82) is 0 Å². The molecule has 0 unspecified atom stereocenters. The number of halogens is 1. The third kappa shape index (κ3) is 7.89. The van der Waals surface area contributed by atoms with E-state index in [2.05, 4.69) is 64.2 Å². The molecule has 0 spiro atoms. The maximum Gasteiger partial charge on any atom is 0.193 e. The quantitative estimate of drug-likeness (QED) is 0.243. The summed E-state index contributed by atoms with van der Waals surface area (Å²) in [6.07, 6.45) is 3.75. The number of para-hydroxylation sites is 1. The van der Waals surface area contributed by atoms with Gasteiger partial charge in [-0.05, 0) is 45.2 Å². The molecule has 0 aliphatic carbocycles. The second-order valence-corrected chi connectivity index (χ2v) is 7.90. The fourth-order valence-corrected chi connectivity index (χ4v) is 4.24. The minimum Gasteiger partial charge on any atom is -0.378 e. The van der Waals surface area contributed by atoms with Crippen molar-refractivity contribution < 1.29 is 4.74 Å².